The van der Waals surface area contributed by atoms with E-state index in [1.54, 1.807) is 56.6 Å². The molecule has 1 heterocycles. The average Bonchev–Trinajstić information content (AvgIpc) is 2.95. The van der Waals surface area contributed by atoms with Gasteiger partial charge >= 0.3 is 17.9 Å². The molecule has 15 heteroatoms. The molecule has 0 aromatic carbocycles. The number of hydrogen-bond acceptors (Lipinski definition) is 15. The van der Waals surface area contributed by atoms with Crippen LogP contribution in [-0.2, 0) is 42.8 Å². The Morgan fingerprint density at radius 2 is 0.762 bits per heavy atom. The van der Waals surface area contributed by atoms with Crippen LogP contribution >= 0.6 is 0 Å². The summed E-state index contributed by atoms with van der Waals surface area (Å²) < 4.78 is 31.8. The highest BCUT2D eigenvalue weighted by Crippen LogP contribution is 2.17. The molecule has 0 radical (unpaired) electrons. The van der Waals surface area contributed by atoms with Gasteiger partial charge in [0.05, 0.1) is 19.8 Å². The molecule has 0 atom stereocenters. The lowest BCUT2D eigenvalue weighted by Crippen LogP contribution is -2.31. The summed E-state index contributed by atoms with van der Waals surface area (Å²) in [5.41, 5.74) is 0.915. The number of rotatable bonds is 21. The van der Waals surface area contributed by atoms with Crippen molar-refractivity contribution < 1.29 is 42.8 Å². The molecule has 0 saturated carbocycles. The van der Waals surface area contributed by atoms with Crippen molar-refractivity contribution in [3.8, 4) is 0 Å². The minimum Gasteiger partial charge on any atom is -0.460 e. The van der Waals surface area contributed by atoms with Gasteiger partial charge in [-0.2, -0.15) is 15.0 Å². The second kappa shape index (κ2) is 19.1. The van der Waals surface area contributed by atoms with E-state index in [0.717, 1.165) is 0 Å². The summed E-state index contributed by atoms with van der Waals surface area (Å²) in [5, 5.41) is 0. The van der Waals surface area contributed by atoms with Crippen molar-refractivity contribution in [3.63, 3.8) is 0 Å². The first-order chi connectivity index (χ1) is 19.8. The predicted molar refractivity (Wildman–Crippen MR) is 155 cm³/mol. The van der Waals surface area contributed by atoms with Crippen LogP contribution in [0.3, 0.4) is 0 Å². The number of esters is 3. The summed E-state index contributed by atoms with van der Waals surface area (Å²) in [6, 6.07) is 0. The van der Waals surface area contributed by atoms with Crippen LogP contribution in [0.25, 0.3) is 0 Å². The lowest BCUT2D eigenvalue weighted by molar-refractivity contribution is -0.141. The second-order valence-electron chi connectivity index (χ2n) is 9.19. The SMILES string of the molecule is C=C(C)C(=O)OCCOCN(C)c1nc(N(C)COCCOC(=O)C(=C)C)nc(N(C)COCCOC(=O)C(=C)C)n1. The molecule has 0 unspecified atom stereocenters. The van der Waals surface area contributed by atoms with Gasteiger partial charge in [-0.3, -0.25) is 0 Å². The fraction of sp³-hybridized carbons (Fsp3) is 0.556. The number of ether oxygens (including phenoxy) is 6. The zero-order valence-corrected chi connectivity index (χ0v) is 25.3. The molecule has 1 aromatic rings. The number of carbonyl (C=O) groups excluding carboxylic acids is 3. The van der Waals surface area contributed by atoms with Crippen LogP contribution in [0.1, 0.15) is 20.8 Å². The first-order valence-electron chi connectivity index (χ1n) is 12.9. The maximum atomic E-state index is 11.5. The fourth-order valence-corrected chi connectivity index (χ4v) is 2.58. The van der Waals surface area contributed by atoms with Crippen molar-refractivity contribution in [1.82, 2.24) is 15.0 Å². The molecule has 0 fully saturated rings. The molecule has 0 aliphatic rings. The van der Waals surface area contributed by atoms with Crippen LogP contribution in [0.15, 0.2) is 36.5 Å². The molecule has 0 N–H and O–H groups in total. The molecule has 0 spiro atoms. The third-order valence-corrected chi connectivity index (χ3v) is 4.91. The third-order valence-electron chi connectivity index (χ3n) is 4.91. The highest BCUT2D eigenvalue weighted by atomic mass is 16.6. The number of nitrogens with zero attached hydrogens (tertiary/aromatic N) is 6. The van der Waals surface area contributed by atoms with Gasteiger partial charge in [-0.05, 0) is 20.8 Å². The number of hydrogen-bond donors (Lipinski definition) is 0. The van der Waals surface area contributed by atoms with Crippen molar-refractivity contribution >= 4 is 35.8 Å². The number of aromatic nitrogens is 3. The van der Waals surface area contributed by atoms with Crippen molar-refractivity contribution in [2.45, 2.75) is 20.8 Å². The van der Waals surface area contributed by atoms with Gasteiger partial charge in [0, 0.05) is 37.9 Å². The summed E-state index contributed by atoms with van der Waals surface area (Å²) in [6.45, 7) is 16.2. The van der Waals surface area contributed by atoms with E-state index in [1.165, 1.54) is 0 Å². The van der Waals surface area contributed by atoms with Gasteiger partial charge in [0.2, 0.25) is 17.8 Å². The van der Waals surface area contributed by atoms with Crippen LogP contribution < -0.4 is 14.7 Å². The van der Waals surface area contributed by atoms with Gasteiger partial charge in [0.25, 0.3) is 0 Å². The Balaban J connectivity index is 2.83. The highest BCUT2D eigenvalue weighted by Gasteiger charge is 2.17. The minimum atomic E-state index is -0.489. The van der Waals surface area contributed by atoms with Crippen LogP contribution in [0.5, 0.6) is 0 Å². The zero-order valence-electron chi connectivity index (χ0n) is 25.3. The minimum absolute atomic E-state index is 0.0662. The largest absolute Gasteiger partial charge is 0.460 e. The van der Waals surface area contributed by atoms with Crippen LogP contribution in [0.4, 0.5) is 17.8 Å². The normalized spacial score (nSPS) is 10.4. The Bertz CT molecular complexity index is 952. The maximum Gasteiger partial charge on any atom is 0.333 e. The molecule has 15 nitrogen and oxygen atoms in total. The van der Waals surface area contributed by atoms with E-state index in [4.69, 9.17) is 28.4 Å². The van der Waals surface area contributed by atoms with Crippen molar-refractivity contribution in [1.29, 1.82) is 0 Å². The van der Waals surface area contributed by atoms with Gasteiger partial charge in [0.15, 0.2) is 0 Å². The molecule has 0 bridgehead atoms. The van der Waals surface area contributed by atoms with E-state index in [0.29, 0.717) is 34.6 Å². The van der Waals surface area contributed by atoms with E-state index in [-0.39, 0.29) is 59.8 Å². The smallest absolute Gasteiger partial charge is 0.333 e. The molecule has 234 valence electrons. The lowest BCUT2D eigenvalue weighted by Gasteiger charge is -2.24. The summed E-state index contributed by atoms with van der Waals surface area (Å²) in [7, 11) is 5.17. The standard InChI is InChI=1S/C27H42N6O9/c1-19(2)22(34)40-13-10-37-16-31(7)25-28-26(32(8)17-38-11-14-41-23(35)20(3)4)30-27(29-25)33(9)18-39-12-15-42-24(36)21(5)6/h1,3,5,10-18H2,2,4,6-9H3. The van der Waals surface area contributed by atoms with Gasteiger partial charge in [-0.15, -0.1) is 0 Å². The Labute approximate surface area is 246 Å². The van der Waals surface area contributed by atoms with Crippen molar-refractivity contribution in [2.24, 2.45) is 0 Å². The fourth-order valence-electron chi connectivity index (χ4n) is 2.58. The van der Waals surface area contributed by atoms with Crippen LogP contribution in [-0.4, -0.2) is 114 Å². The average molecular weight is 595 g/mol. The Kier molecular flexibility index (Phi) is 16.4. The summed E-state index contributed by atoms with van der Waals surface area (Å²) >= 11 is 0. The van der Waals surface area contributed by atoms with E-state index in [9.17, 15) is 14.4 Å². The Morgan fingerprint density at radius 3 is 0.976 bits per heavy atom. The second-order valence-corrected chi connectivity index (χ2v) is 9.19. The summed E-state index contributed by atoms with van der Waals surface area (Å²) in [4.78, 5) is 53.0. The third kappa shape index (κ3) is 14.0. The van der Waals surface area contributed by atoms with E-state index < -0.39 is 17.9 Å². The molecule has 0 saturated heterocycles. The summed E-state index contributed by atoms with van der Waals surface area (Å²) in [5.74, 6) is -0.596. The van der Waals surface area contributed by atoms with Gasteiger partial charge in [-0.25, -0.2) is 14.4 Å². The number of anilines is 3. The molecule has 1 aromatic heterocycles. The van der Waals surface area contributed by atoms with Gasteiger partial charge in [-0.1, -0.05) is 19.7 Å². The first kappa shape index (κ1) is 35.9. The zero-order chi connectivity index (χ0) is 31.7. The van der Waals surface area contributed by atoms with E-state index in [1.807, 2.05) is 0 Å². The molecule has 0 amide bonds. The highest BCUT2D eigenvalue weighted by molar-refractivity contribution is 5.87. The van der Waals surface area contributed by atoms with Crippen LogP contribution in [0, 0.1) is 0 Å². The van der Waals surface area contributed by atoms with Gasteiger partial charge < -0.3 is 43.1 Å². The monoisotopic (exact) mass is 594 g/mol. The maximum absolute atomic E-state index is 11.5. The Hall–Kier alpha value is -4.08. The molecular formula is C27H42N6O9. The number of carbonyl (C=O) groups is 3. The summed E-state index contributed by atoms with van der Waals surface area (Å²) in [6.07, 6.45) is 0. The van der Waals surface area contributed by atoms with Gasteiger partial charge in [0.1, 0.15) is 40.0 Å². The molecule has 42 heavy (non-hydrogen) atoms. The molecule has 1 rings (SSSR count). The van der Waals surface area contributed by atoms with E-state index >= 15 is 0 Å². The molecule has 0 aliphatic heterocycles. The van der Waals surface area contributed by atoms with E-state index in [2.05, 4.69) is 34.7 Å². The topological polar surface area (TPSA) is 155 Å². The van der Waals surface area contributed by atoms with Crippen molar-refractivity contribution in [2.75, 3.05) is 95.7 Å². The predicted octanol–water partition coefficient (Wildman–Crippen LogP) is 1.46. The van der Waals surface area contributed by atoms with Crippen LogP contribution in [0.2, 0.25) is 0 Å². The van der Waals surface area contributed by atoms with Crippen molar-refractivity contribution in [3.05, 3.63) is 36.5 Å². The first-order valence-corrected chi connectivity index (χ1v) is 12.9. The molecular weight excluding hydrogens is 552 g/mol. The molecule has 0 aliphatic carbocycles. The Morgan fingerprint density at radius 1 is 0.524 bits per heavy atom. The quantitative estimate of drug-likeness (QED) is 0.0662. The lowest BCUT2D eigenvalue weighted by atomic mass is 10.4.